The fraction of sp³-hybridized carbons (Fsp3) is 0.925. The summed E-state index contributed by atoms with van der Waals surface area (Å²) < 4.78 is 13.9. The Hall–Kier alpha value is -1.72. The molecule has 7 aliphatic carbocycles. The van der Waals surface area contributed by atoms with Gasteiger partial charge in [0.25, 0.3) is 0 Å². The van der Waals surface area contributed by atoms with Gasteiger partial charge in [0.05, 0.1) is 0 Å². The molecule has 12 atom stereocenters. The second kappa shape index (κ2) is 20.2. The summed E-state index contributed by atoms with van der Waals surface area (Å²) in [6.45, 7) is 4.71. The molecule has 6 heteroatoms. The van der Waals surface area contributed by atoms with Crippen LogP contribution in [0.4, 0.5) is 0 Å². The summed E-state index contributed by atoms with van der Waals surface area (Å²) in [5, 5.41) is 19.8. The predicted octanol–water partition coefficient (Wildman–Crippen LogP) is 15.8. The number of rotatable bonds is 18. The van der Waals surface area contributed by atoms with Crippen LogP contribution in [-0.4, -0.2) is 20.4 Å². The molecule has 9 rings (SSSR count). The highest BCUT2D eigenvalue weighted by Crippen LogP contribution is 2.69. The first-order chi connectivity index (χ1) is 29.2. The molecule has 0 saturated heterocycles. The number of aromatic nitrogens is 4. The molecule has 0 N–H and O–H groups in total. The molecule has 6 nitrogen and oxygen atoms in total. The van der Waals surface area contributed by atoms with Crippen molar-refractivity contribution in [2.75, 3.05) is 0 Å². The molecule has 0 bridgehead atoms. The van der Waals surface area contributed by atoms with Crippen LogP contribution in [0.1, 0.15) is 279 Å². The largest absolute Gasteiger partial charge is 0.425 e. The van der Waals surface area contributed by atoms with E-state index in [0.29, 0.717) is 29.1 Å². The fourth-order valence-corrected chi connectivity index (χ4v) is 16.4. The Kier molecular flexibility index (Phi) is 14.6. The first kappa shape index (κ1) is 42.6. The highest BCUT2D eigenvalue weighted by molar-refractivity contribution is 5.15. The lowest BCUT2D eigenvalue weighted by Gasteiger charge is -2.46. The lowest BCUT2D eigenvalue weighted by molar-refractivity contribution is 0.0396. The van der Waals surface area contributed by atoms with Crippen LogP contribution >= 0.6 is 0 Å². The van der Waals surface area contributed by atoms with Crippen molar-refractivity contribution in [1.29, 1.82) is 0 Å². The van der Waals surface area contributed by atoms with E-state index in [2.05, 4.69) is 13.8 Å². The van der Waals surface area contributed by atoms with E-state index in [1.165, 1.54) is 218 Å². The van der Waals surface area contributed by atoms with Crippen LogP contribution < -0.4 is 0 Å². The van der Waals surface area contributed by atoms with Gasteiger partial charge in [-0.05, 0) is 130 Å². The highest BCUT2D eigenvalue weighted by Gasteiger charge is 2.61. The number of nitrogens with zero attached hydrogens (tertiary/aromatic N) is 4. The SMILES string of the molecule is CCCCCCCCC1(CCCCCCCC)C2CC(c3nnc(C4CCCC5CCCCC54)o3)CCC2C2CCC(c3nnc(C4CCCC5CCCCC54)o3)CC21. The molecule has 59 heavy (non-hydrogen) atoms. The third-order valence-electron chi connectivity index (χ3n) is 19.2. The highest BCUT2D eigenvalue weighted by atomic mass is 16.4. The van der Waals surface area contributed by atoms with Gasteiger partial charge in [0.2, 0.25) is 23.6 Å². The van der Waals surface area contributed by atoms with Crippen LogP contribution in [-0.2, 0) is 0 Å². The molecule has 12 unspecified atom stereocenters. The van der Waals surface area contributed by atoms with Crippen molar-refractivity contribution in [3.63, 3.8) is 0 Å². The summed E-state index contributed by atoms with van der Waals surface area (Å²) in [5.41, 5.74) is 0.408. The smallest absolute Gasteiger partial charge is 0.219 e. The molecule has 7 saturated carbocycles. The van der Waals surface area contributed by atoms with E-state index in [1.54, 1.807) is 0 Å². The van der Waals surface area contributed by atoms with Crippen molar-refractivity contribution in [2.24, 2.45) is 52.8 Å². The Morgan fingerprint density at radius 3 is 1.29 bits per heavy atom. The van der Waals surface area contributed by atoms with Gasteiger partial charge in [-0.25, -0.2) is 0 Å². The molecule has 330 valence electrons. The molecular formula is C53H86N4O2. The van der Waals surface area contributed by atoms with Crippen molar-refractivity contribution in [2.45, 2.75) is 256 Å². The average molecular weight is 811 g/mol. The zero-order chi connectivity index (χ0) is 40.0. The number of unbranched alkanes of at least 4 members (excludes halogenated alkanes) is 10. The Bertz CT molecular complexity index is 1450. The minimum absolute atomic E-state index is 0.408. The molecule has 2 aromatic heterocycles. The van der Waals surface area contributed by atoms with Gasteiger partial charge in [0.15, 0.2) is 0 Å². The molecule has 0 spiro atoms. The molecule has 0 aromatic carbocycles. The summed E-state index contributed by atoms with van der Waals surface area (Å²) in [7, 11) is 0. The number of hydrogen-bond donors (Lipinski definition) is 0. The third kappa shape index (κ3) is 9.20. The van der Waals surface area contributed by atoms with E-state index in [0.717, 1.165) is 70.9 Å². The molecule has 0 radical (unpaired) electrons. The zero-order valence-corrected chi connectivity index (χ0v) is 38.1. The van der Waals surface area contributed by atoms with Gasteiger partial charge < -0.3 is 8.83 Å². The van der Waals surface area contributed by atoms with Crippen molar-refractivity contribution < 1.29 is 8.83 Å². The van der Waals surface area contributed by atoms with E-state index in [4.69, 9.17) is 29.2 Å². The molecule has 2 heterocycles. The Morgan fingerprint density at radius 1 is 0.407 bits per heavy atom. The van der Waals surface area contributed by atoms with Crippen LogP contribution in [0.3, 0.4) is 0 Å². The first-order valence-corrected chi connectivity index (χ1v) is 26.8. The average Bonchev–Trinajstić information content (AvgIpc) is 4.04. The monoisotopic (exact) mass is 811 g/mol. The van der Waals surface area contributed by atoms with Gasteiger partial charge in [-0.2, -0.15) is 0 Å². The van der Waals surface area contributed by atoms with Gasteiger partial charge in [-0.15, -0.1) is 20.4 Å². The Labute approximate surface area is 360 Å². The Morgan fingerprint density at radius 2 is 0.814 bits per heavy atom. The van der Waals surface area contributed by atoms with Gasteiger partial charge in [-0.3, -0.25) is 0 Å². The first-order valence-electron chi connectivity index (χ1n) is 26.8. The lowest BCUT2D eigenvalue weighted by Crippen LogP contribution is -2.38. The van der Waals surface area contributed by atoms with Crippen molar-refractivity contribution in [3.8, 4) is 0 Å². The molecular weight excluding hydrogens is 725 g/mol. The number of hydrogen-bond acceptors (Lipinski definition) is 6. The summed E-state index contributed by atoms with van der Waals surface area (Å²) in [6, 6.07) is 0. The maximum atomic E-state index is 6.93. The zero-order valence-electron chi connectivity index (χ0n) is 38.1. The Balaban J connectivity index is 0.967. The van der Waals surface area contributed by atoms with E-state index in [-0.39, 0.29) is 0 Å². The summed E-state index contributed by atoms with van der Waals surface area (Å²) in [5.74, 6) is 12.5. The van der Waals surface area contributed by atoms with Crippen molar-refractivity contribution in [1.82, 2.24) is 20.4 Å². The van der Waals surface area contributed by atoms with Gasteiger partial charge >= 0.3 is 0 Å². The second-order valence-corrected chi connectivity index (χ2v) is 22.3. The molecule has 7 fully saturated rings. The van der Waals surface area contributed by atoms with Crippen LogP contribution in [0.2, 0.25) is 0 Å². The third-order valence-corrected chi connectivity index (χ3v) is 19.2. The molecule has 2 aromatic rings. The van der Waals surface area contributed by atoms with Gasteiger partial charge in [-0.1, -0.05) is 155 Å². The minimum Gasteiger partial charge on any atom is -0.425 e. The van der Waals surface area contributed by atoms with Crippen LogP contribution in [0.25, 0.3) is 0 Å². The maximum Gasteiger partial charge on any atom is 0.219 e. The molecule has 7 aliphatic rings. The van der Waals surface area contributed by atoms with E-state index < -0.39 is 0 Å². The lowest BCUT2D eigenvalue weighted by atomic mass is 9.58. The maximum absolute atomic E-state index is 6.93. The van der Waals surface area contributed by atoms with Gasteiger partial charge in [0.1, 0.15) is 0 Å². The standard InChI is InChI=1S/C53H86N4O2/c1-3-5-7-9-11-17-33-53(34-18-12-10-8-6-4-2)47-35-39(49-54-56-51(58-49)45-27-19-23-37-21-13-15-25-41(37)45)29-31-43(47)44-32-30-40(36-48(44)53)50-55-57-52(59-50)46-28-20-24-38-22-14-16-26-42(38)46/h37-48H,3-36H2,1-2H3. The number of fused-ring (bicyclic) bond motifs is 5. The topological polar surface area (TPSA) is 77.8 Å². The molecule has 0 amide bonds. The van der Waals surface area contributed by atoms with Crippen molar-refractivity contribution in [3.05, 3.63) is 23.6 Å². The summed E-state index contributed by atoms with van der Waals surface area (Å²) in [6.07, 6.45) is 46.6. The summed E-state index contributed by atoms with van der Waals surface area (Å²) >= 11 is 0. The van der Waals surface area contributed by atoms with Crippen LogP contribution in [0, 0.1) is 52.8 Å². The van der Waals surface area contributed by atoms with Crippen LogP contribution in [0.15, 0.2) is 8.83 Å². The van der Waals surface area contributed by atoms with E-state index in [1.807, 2.05) is 0 Å². The van der Waals surface area contributed by atoms with Crippen molar-refractivity contribution >= 4 is 0 Å². The molecule has 0 aliphatic heterocycles. The fourth-order valence-electron chi connectivity index (χ4n) is 16.4. The minimum atomic E-state index is 0.408. The normalized spacial score (nSPS) is 36.7. The van der Waals surface area contributed by atoms with Crippen LogP contribution in [0.5, 0.6) is 0 Å². The van der Waals surface area contributed by atoms with Gasteiger partial charge in [0, 0.05) is 23.7 Å². The second-order valence-electron chi connectivity index (χ2n) is 22.3. The summed E-state index contributed by atoms with van der Waals surface area (Å²) in [4.78, 5) is 0. The van der Waals surface area contributed by atoms with E-state index in [9.17, 15) is 0 Å². The van der Waals surface area contributed by atoms with E-state index >= 15 is 0 Å². The predicted molar refractivity (Wildman–Crippen MR) is 238 cm³/mol. The quantitative estimate of drug-likeness (QED) is 0.140.